The summed E-state index contributed by atoms with van der Waals surface area (Å²) in [5.74, 6) is 0.102. The third-order valence-electron chi connectivity index (χ3n) is 3.76. The number of ether oxygens (including phenoxy) is 2. The number of nitro benzene ring substituents is 1. The van der Waals surface area contributed by atoms with Gasteiger partial charge in [-0.05, 0) is 31.9 Å². The lowest BCUT2D eigenvalue weighted by Crippen LogP contribution is -2.47. The first-order chi connectivity index (χ1) is 9.85. The van der Waals surface area contributed by atoms with Gasteiger partial charge in [0.1, 0.15) is 17.4 Å². The maximum absolute atomic E-state index is 11.6. The Hall–Kier alpha value is -2.15. The van der Waals surface area contributed by atoms with E-state index in [0.717, 1.165) is 0 Å². The van der Waals surface area contributed by atoms with Gasteiger partial charge in [0.05, 0.1) is 12.0 Å². The number of carbonyl (C=O) groups excluding carboxylic acids is 1. The zero-order chi connectivity index (χ0) is 15.6. The minimum Gasteiger partial charge on any atom is -0.490 e. The highest BCUT2D eigenvalue weighted by atomic mass is 16.6. The largest absolute Gasteiger partial charge is 0.490 e. The van der Waals surface area contributed by atoms with Crippen LogP contribution in [-0.2, 0) is 9.53 Å². The highest BCUT2D eigenvalue weighted by molar-refractivity contribution is 5.80. The molecule has 2 rings (SSSR count). The van der Waals surface area contributed by atoms with Gasteiger partial charge in [-0.25, -0.2) is 0 Å². The van der Waals surface area contributed by atoms with Crippen LogP contribution in [-0.4, -0.2) is 29.6 Å². The number of carbonyl (C=O) groups is 1. The fourth-order valence-electron chi connectivity index (χ4n) is 2.62. The van der Waals surface area contributed by atoms with Crippen LogP contribution in [0.2, 0.25) is 0 Å². The van der Waals surface area contributed by atoms with Crippen molar-refractivity contribution in [3.8, 4) is 5.75 Å². The van der Waals surface area contributed by atoms with Crippen LogP contribution in [0.4, 0.5) is 5.69 Å². The Morgan fingerprint density at radius 3 is 2.81 bits per heavy atom. The standard InChI is InChI=1S/C14H18N2O5/c1-9-7-10(3-4-12(9)16(18)19)21-11-5-6-14(15,8-11)13(17)20-2/h3-4,7,11H,5-6,8,15H2,1-2H3. The van der Waals surface area contributed by atoms with Crippen LogP contribution in [0.15, 0.2) is 18.2 Å². The van der Waals surface area contributed by atoms with E-state index in [-0.39, 0.29) is 11.8 Å². The van der Waals surface area contributed by atoms with Crippen LogP contribution in [0.3, 0.4) is 0 Å². The summed E-state index contributed by atoms with van der Waals surface area (Å²) < 4.78 is 10.5. The lowest BCUT2D eigenvalue weighted by Gasteiger charge is -2.21. The summed E-state index contributed by atoms with van der Waals surface area (Å²) in [5.41, 5.74) is 5.58. The SMILES string of the molecule is COC(=O)C1(N)CCC(Oc2ccc([N+](=O)[O-])c(C)c2)C1. The van der Waals surface area contributed by atoms with Crippen molar-refractivity contribution in [3.05, 3.63) is 33.9 Å². The van der Waals surface area contributed by atoms with Crippen LogP contribution in [0.5, 0.6) is 5.75 Å². The first kappa shape index (κ1) is 15.2. The summed E-state index contributed by atoms with van der Waals surface area (Å²) in [4.78, 5) is 22.0. The molecule has 1 aliphatic rings. The number of aryl methyl sites for hydroxylation is 1. The summed E-state index contributed by atoms with van der Waals surface area (Å²) in [6.07, 6.45) is 1.31. The average Bonchev–Trinajstić information content (AvgIpc) is 2.80. The van der Waals surface area contributed by atoms with Crippen LogP contribution in [0.25, 0.3) is 0 Å². The fourth-order valence-corrected chi connectivity index (χ4v) is 2.62. The Kier molecular flexibility index (Phi) is 4.13. The van der Waals surface area contributed by atoms with Crippen LogP contribution >= 0.6 is 0 Å². The molecule has 1 aliphatic carbocycles. The van der Waals surface area contributed by atoms with Gasteiger partial charge in [-0.2, -0.15) is 0 Å². The number of hydrogen-bond donors (Lipinski definition) is 1. The molecule has 0 saturated heterocycles. The highest BCUT2D eigenvalue weighted by Crippen LogP contribution is 2.33. The van der Waals surface area contributed by atoms with Crippen molar-refractivity contribution in [3.63, 3.8) is 0 Å². The van der Waals surface area contributed by atoms with Gasteiger partial charge in [-0.15, -0.1) is 0 Å². The van der Waals surface area contributed by atoms with E-state index in [9.17, 15) is 14.9 Å². The van der Waals surface area contributed by atoms with E-state index >= 15 is 0 Å². The quantitative estimate of drug-likeness (QED) is 0.515. The predicted molar refractivity (Wildman–Crippen MR) is 75.0 cm³/mol. The number of nitrogens with zero attached hydrogens (tertiary/aromatic N) is 1. The van der Waals surface area contributed by atoms with E-state index in [1.54, 1.807) is 19.1 Å². The zero-order valence-corrected chi connectivity index (χ0v) is 12.0. The van der Waals surface area contributed by atoms with Crippen molar-refractivity contribution in [2.24, 2.45) is 5.73 Å². The normalized spacial score (nSPS) is 24.6. The molecule has 2 unspecified atom stereocenters. The molecule has 2 atom stereocenters. The second kappa shape index (κ2) is 5.69. The Morgan fingerprint density at radius 1 is 1.52 bits per heavy atom. The van der Waals surface area contributed by atoms with Crippen molar-refractivity contribution in [1.29, 1.82) is 0 Å². The minimum absolute atomic E-state index is 0.0523. The number of rotatable bonds is 4. The van der Waals surface area contributed by atoms with Gasteiger partial charge in [-0.1, -0.05) is 0 Å². The number of nitrogens with two attached hydrogens (primary N) is 1. The zero-order valence-electron chi connectivity index (χ0n) is 12.0. The lowest BCUT2D eigenvalue weighted by molar-refractivity contribution is -0.385. The van der Waals surface area contributed by atoms with E-state index in [2.05, 4.69) is 0 Å². The van der Waals surface area contributed by atoms with Gasteiger partial charge in [0.15, 0.2) is 0 Å². The highest BCUT2D eigenvalue weighted by Gasteiger charge is 2.44. The number of hydrogen-bond acceptors (Lipinski definition) is 6. The first-order valence-electron chi connectivity index (χ1n) is 6.65. The number of nitro groups is 1. The van der Waals surface area contributed by atoms with E-state index in [4.69, 9.17) is 15.2 Å². The molecule has 2 N–H and O–H groups in total. The number of benzene rings is 1. The molecule has 1 aromatic carbocycles. The molecule has 114 valence electrons. The molecule has 1 fully saturated rings. The Balaban J connectivity index is 2.05. The first-order valence-corrected chi connectivity index (χ1v) is 6.65. The molecule has 1 aromatic rings. The summed E-state index contributed by atoms with van der Waals surface area (Å²) in [6.45, 7) is 1.65. The smallest absolute Gasteiger partial charge is 0.325 e. The molecule has 0 bridgehead atoms. The molecule has 0 spiro atoms. The van der Waals surface area contributed by atoms with E-state index in [0.29, 0.717) is 30.6 Å². The minimum atomic E-state index is -1.00. The predicted octanol–water partition coefficient (Wildman–Crippen LogP) is 1.71. The van der Waals surface area contributed by atoms with Crippen molar-refractivity contribution in [1.82, 2.24) is 0 Å². The number of methoxy groups -OCH3 is 1. The topological polar surface area (TPSA) is 105 Å². The Bertz CT molecular complexity index is 574. The number of esters is 1. The second-order valence-corrected chi connectivity index (χ2v) is 5.34. The molecule has 0 radical (unpaired) electrons. The Morgan fingerprint density at radius 2 is 2.24 bits per heavy atom. The summed E-state index contributed by atoms with van der Waals surface area (Å²) >= 11 is 0. The van der Waals surface area contributed by atoms with Crippen LogP contribution in [0.1, 0.15) is 24.8 Å². The molecule has 0 aliphatic heterocycles. The van der Waals surface area contributed by atoms with Gasteiger partial charge in [0.2, 0.25) is 0 Å². The van der Waals surface area contributed by atoms with Crippen molar-refractivity contribution < 1.29 is 19.2 Å². The molecule has 0 heterocycles. The van der Waals surface area contributed by atoms with Gasteiger partial charge in [0, 0.05) is 18.1 Å². The summed E-state index contributed by atoms with van der Waals surface area (Å²) in [5, 5.41) is 10.8. The Labute approximate surface area is 122 Å². The van der Waals surface area contributed by atoms with Crippen molar-refractivity contribution in [2.75, 3.05) is 7.11 Å². The molecule has 7 nitrogen and oxygen atoms in total. The van der Waals surface area contributed by atoms with Crippen molar-refractivity contribution >= 4 is 11.7 Å². The molecule has 0 amide bonds. The van der Waals surface area contributed by atoms with Gasteiger partial charge in [0.25, 0.3) is 5.69 Å². The van der Waals surface area contributed by atoms with Crippen molar-refractivity contribution in [2.45, 2.75) is 37.8 Å². The molecule has 7 heteroatoms. The molecule has 1 saturated carbocycles. The fraction of sp³-hybridized carbons (Fsp3) is 0.500. The van der Waals surface area contributed by atoms with E-state index < -0.39 is 16.4 Å². The van der Waals surface area contributed by atoms with Crippen LogP contribution in [0, 0.1) is 17.0 Å². The average molecular weight is 294 g/mol. The maximum atomic E-state index is 11.6. The second-order valence-electron chi connectivity index (χ2n) is 5.34. The van der Waals surface area contributed by atoms with Gasteiger partial charge < -0.3 is 15.2 Å². The third-order valence-corrected chi connectivity index (χ3v) is 3.76. The maximum Gasteiger partial charge on any atom is 0.325 e. The third kappa shape index (κ3) is 3.13. The van der Waals surface area contributed by atoms with Gasteiger partial charge >= 0.3 is 5.97 Å². The van der Waals surface area contributed by atoms with E-state index in [1.807, 2.05) is 0 Å². The molecule has 0 aromatic heterocycles. The molecular formula is C14H18N2O5. The molecular weight excluding hydrogens is 276 g/mol. The summed E-state index contributed by atoms with van der Waals surface area (Å²) in [7, 11) is 1.31. The van der Waals surface area contributed by atoms with Crippen LogP contribution < -0.4 is 10.5 Å². The lowest BCUT2D eigenvalue weighted by atomic mass is 10.00. The summed E-state index contributed by atoms with van der Waals surface area (Å²) in [6, 6.07) is 4.59. The van der Waals surface area contributed by atoms with Gasteiger partial charge in [-0.3, -0.25) is 14.9 Å². The monoisotopic (exact) mass is 294 g/mol. The molecule has 21 heavy (non-hydrogen) atoms. The van der Waals surface area contributed by atoms with E-state index in [1.165, 1.54) is 13.2 Å².